The number of nitrogens with zero attached hydrogens (tertiary/aromatic N) is 3. The second-order valence-corrected chi connectivity index (χ2v) is 9.08. The fourth-order valence-electron chi connectivity index (χ4n) is 3.49. The van der Waals surface area contributed by atoms with Gasteiger partial charge in [-0.25, -0.2) is 0 Å². The molecule has 1 aromatic rings. The maximum atomic E-state index is 12.8. The lowest BCUT2D eigenvalue weighted by Crippen LogP contribution is -2.33. The average Bonchev–Trinajstić information content (AvgIpc) is 2.73. The maximum absolute atomic E-state index is 12.8. The van der Waals surface area contributed by atoms with Gasteiger partial charge in [0.15, 0.2) is 0 Å². The molecule has 0 spiro atoms. The van der Waals surface area contributed by atoms with Gasteiger partial charge < -0.3 is 15.6 Å². The quantitative estimate of drug-likeness (QED) is 0.700. The second-order valence-electron chi connectivity index (χ2n) is 7.44. The molecule has 2 N–H and O–H groups in total. The number of rotatable bonds is 5. The van der Waals surface area contributed by atoms with Crippen LogP contribution in [0.2, 0.25) is 0 Å². The van der Waals surface area contributed by atoms with Gasteiger partial charge >= 0.3 is 0 Å². The lowest BCUT2D eigenvalue weighted by atomic mass is 9.89. The summed E-state index contributed by atoms with van der Waals surface area (Å²) in [5.74, 6) is 0.708. The summed E-state index contributed by atoms with van der Waals surface area (Å²) in [5, 5.41) is 10.7. The predicted octanol–water partition coefficient (Wildman–Crippen LogP) is 3.85. The molecule has 1 saturated carbocycles. The standard InChI is InChI=1S/C22H27N5O2S/c1-15-5-10-20(30(28,29)26-14-18-6-8-19(23)9-7-18)13-21(15)16(2)27-12-11-25-22(24-4)17(27)3/h5,10-14,18,23H,2-3,6-9H2,1,4H3,(H,24,25). The van der Waals surface area contributed by atoms with E-state index in [2.05, 4.69) is 27.9 Å². The first-order valence-electron chi connectivity index (χ1n) is 9.78. The Labute approximate surface area is 178 Å². The Balaban J connectivity index is 1.86. The van der Waals surface area contributed by atoms with Crippen LogP contribution in [0.15, 0.2) is 63.7 Å². The molecule has 2 aliphatic rings. The summed E-state index contributed by atoms with van der Waals surface area (Å²) in [6.07, 6.45) is 7.98. The van der Waals surface area contributed by atoms with E-state index in [4.69, 9.17) is 5.41 Å². The predicted molar refractivity (Wildman–Crippen MR) is 122 cm³/mol. The van der Waals surface area contributed by atoms with Crippen molar-refractivity contribution in [2.75, 3.05) is 7.05 Å². The van der Waals surface area contributed by atoms with E-state index in [1.165, 1.54) is 6.21 Å². The van der Waals surface area contributed by atoms with Gasteiger partial charge in [-0.3, -0.25) is 4.99 Å². The molecule has 3 rings (SSSR count). The highest BCUT2D eigenvalue weighted by atomic mass is 32.2. The van der Waals surface area contributed by atoms with Crippen LogP contribution in [-0.2, 0) is 10.0 Å². The van der Waals surface area contributed by atoms with Crippen LogP contribution in [-0.4, -0.2) is 38.1 Å². The maximum Gasteiger partial charge on any atom is 0.281 e. The summed E-state index contributed by atoms with van der Waals surface area (Å²) in [7, 11) is -2.16. The van der Waals surface area contributed by atoms with E-state index in [0.29, 0.717) is 35.6 Å². The third kappa shape index (κ3) is 4.59. The number of hydrogen-bond donors (Lipinski definition) is 2. The number of nitrogens with one attached hydrogen (secondary N) is 2. The van der Waals surface area contributed by atoms with Gasteiger partial charge in [0, 0.05) is 42.6 Å². The van der Waals surface area contributed by atoms with Crippen molar-refractivity contribution in [3.05, 3.63) is 60.6 Å². The van der Waals surface area contributed by atoms with E-state index in [9.17, 15) is 8.42 Å². The number of aryl methyl sites for hydroxylation is 1. The summed E-state index contributed by atoms with van der Waals surface area (Å²) in [6.45, 7) is 10.1. The van der Waals surface area contributed by atoms with Gasteiger partial charge in [-0.1, -0.05) is 19.2 Å². The Morgan fingerprint density at radius 1 is 1.33 bits per heavy atom. The van der Waals surface area contributed by atoms with Crippen LogP contribution in [0.1, 0.15) is 36.8 Å². The number of benzene rings is 1. The topological polar surface area (TPSA) is 98.0 Å². The molecule has 0 amide bonds. The van der Waals surface area contributed by atoms with Gasteiger partial charge in [-0.15, -0.1) is 0 Å². The summed E-state index contributed by atoms with van der Waals surface area (Å²) < 4.78 is 29.6. The lowest BCUT2D eigenvalue weighted by Gasteiger charge is -2.29. The third-order valence-electron chi connectivity index (χ3n) is 5.38. The molecule has 0 aromatic heterocycles. The van der Waals surface area contributed by atoms with Crippen molar-refractivity contribution in [3.63, 3.8) is 0 Å². The van der Waals surface area contributed by atoms with Gasteiger partial charge in [0.1, 0.15) is 5.84 Å². The molecule has 0 radical (unpaired) electrons. The van der Waals surface area contributed by atoms with Gasteiger partial charge in [0.25, 0.3) is 10.0 Å². The van der Waals surface area contributed by atoms with Crippen molar-refractivity contribution in [1.82, 2.24) is 10.2 Å². The largest absolute Gasteiger partial charge is 0.344 e. The number of hydrogen-bond acceptors (Lipinski definition) is 5. The van der Waals surface area contributed by atoms with E-state index < -0.39 is 10.0 Å². The summed E-state index contributed by atoms with van der Waals surface area (Å²) in [4.78, 5) is 6.05. The molecule has 1 aromatic carbocycles. The highest BCUT2D eigenvalue weighted by Crippen LogP contribution is 2.29. The number of amidine groups is 1. The van der Waals surface area contributed by atoms with Gasteiger partial charge in [-0.2, -0.15) is 12.8 Å². The number of sulfonamides is 1. The van der Waals surface area contributed by atoms with E-state index in [0.717, 1.165) is 24.1 Å². The van der Waals surface area contributed by atoms with Crippen LogP contribution < -0.4 is 5.32 Å². The minimum Gasteiger partial charge on any atom is -0.344 e. The van der Waals surface area contributed by atoms with Crippen LogP contribution in [0.25, 0.3) is 5.70 Å². The van der Waals surface area contributed by atoms with Crippen molar-refractivity contribution < 1.29 is 8.42 Å². The Morgan fingerprint density at radius 3 is 2.70 bits per heavy atom. The van der Waals surface area contributed by atoms with Gasteiger partial charge in [0.2, 0.25) is 0 Å². The molecule has 1 fully saturated rings. The third-order valence-corrected chi connectivity index (χ3v) is 6.63. The van der Waals surface area contributed by atoms with Crippen LogP contribution in [0.4, 0.5) is 0 Å². The Bertz CT molecular complexity index is 1070. The Morgan fingerprint density at radius 2 is 2.03 bits per heavy atom. The SMILES string of the molecule is C=C1C(=NC)NC=CN1C(=C)c1cc(S(=O)(=O)N=CC2CCC(=N)CC2)ccc1C. The minimum absolute atomic E-state index is 0.0924. The molecule has 1 heterocycles. The lowest BCUT2D eigenvalue weighted by molar-refractivity contribution is 0.569. The first-order chi connectivity index (χ1) is 14.2. The zero-order chi connectivity index (χ0) is 21.9. The van der Waals surface area contributed by atoms with E-state index in [1.54, 1.807) is 42.5 Å². The van der Waals surface area contributed by atoms with Crippen molar-refractivity contribution in [3.8, 4) is 0 Å². The summed E-state index contributed by atoms with van der Waals surface area (Å²) in [5.41, 5.74) is 3.54. The second kappa shape index (κ2) is 8.79. The van der Waals surface area contributed by atoms with Gasteiger partial charge in [0.05, 0.1) is 10.6 Å². The van der Waals surface area contributed by atoms with Crippen LogP contribution in [0.3, 0.4) is 0 Å². The molecule has 158 valence electrons. The highest BCUT2D eigenvalue weighted by Gasteiger charge is 2.22. The Kier molecular flexibility index (Phi) is 6.36. The van der Waals surface area contributed by atoms with Crippen LogP contribution in [0.5, 0.6) is 0 Å². The van der Waals surface area contributed by atoms with Crippen molar-refractivity contribution in [2.24, 2.45) is 15.3 Å². The van der Waals surface area contributed by atoms with Crippen LogP contribution >= 0.6 is 0 Å². The average molecular weight is 426 g/mol. The first-order valence-corrected chi connectivity index (χ1v) is 11.2. The van der Waals surface area contributed by atoms with E-state index in [-0.39, 0.29) is 10.8 Å². The normalized spacial score (nSPS) is 21.3. The van der Waals surface area contributed by atoms with Crippen molar-refractivity contribution in [1.29, 1.82) is 5.41 Å². The zero-order valence-corrected chi connectivity index (χ0v) is 18.2. The smallest absolute Gasteiger partial charge is 0.281 e. The molecule has 0 saturated heterocycles. The molecule has 30 heavy (non-hydrogen) atoms. The Hall–Kier alpha value is -3.00. The summed E-state index contributed by atoms with van der Waals surface area (Å²) >= 11 is 0. The fraction of sp³-hybridized carbons (Fsp3) is 0.318. The molecule has 7 nitrogen and oxygen atoms in total. The monoisotopic (exact) mass is 425 g/mol. The molecule has 8 heteroatoms. The van der Waals surface area contributed by atoms with Crippen molar-refractivity contribution >= 4 is 33.5 Å². The molecular formula is C22H27N5O2S. The molecular weight excluding hydrogens is 398 g/mol. The molecule has 0 bridgehead atoms. The summed E-state index contributed by atoms with van der Waals surface area (Å²) in [6, 6.07) is 4.93. The van der Waals surface area contributed by atoms with Crippen molar-refractivity contribution in [2.45, 2.75) is 37.5 Å². The number of aliphatic imine (C=N–C) groups is 1. The first kappa shape index (κ1) is 21.7. The highest BCUT2D eigenvalue weighted by molar-refractivity contribution is 7.90. The van der Waals surface area contributed by atoms with E-state index >= 15 is 0 Å². The van der Waals surface area contributed by atoms with Gasteiger partial charge in [-0.05, 0) is 56.2 Å². The molecule has 0 atom stereocenters. The molecule has 1 aliphatic heterocycles. The van der Waals surface area contributed by atoms with Crippen LogP contribution in [0, 0.1) is 18.3 Å². The minimum atomic E-state index is -3.83. The fourth-order valence-corrected chi connectivity index (χ4v) is 4.45. The van der Waals surface area contributed by atoms with E-state index in [1.807, 2.05) is 6.92 Å². The molecule has 0 unspecified atom stereocenters. The zero-order valence-electron chi connectivity index (χ0n) is 17.4. The molecule has 1 aliphatic carbocycles.